The van der Waals surface area contributed by atoms with Crippen molar-refractivity contribution in [1.29, 1.82) is 0 Å². The van der Waals surface area contributed by atoms with Gasteiger partial charge in [-0.1, -0.05) is 11.8 Å². The Morgan fingerprint density at radius 1 is 1.50 bits per heavy atom. The summed E-state index contributed by atoms with van der Waals surface area (Å²) in [5.41, 5.74) is 4.83. The molecule has 1 rings (SSSR count). The summed E-state index contributed by atoms with van der Waals surface area (Å²) >= 11 is 1.24. The number of carbonyl (C=O) groups is 3. The molecule has 1 aliphatic heterocycles. The number of nitrogens with one attached hydrogen (secondary N) is 1. The Morgan fingerprint density at radius 2 is 2.17 bits per heavy atom. The molecule has 18 heavy (non-hydrogen) atoms. The van der Waals surface area contributed by atoms with Crippen molar-refractivity contribution in [3.63, 3.8) is 0 Å². The number of imide groups is 1. The number of nitrogens with two attached hydrogens (primary N) is 1. The van der Waals surface area contributed by atoms with Crippen molar-refractivity contribution in [2.45, 2.75) is 25.5 Å². The molecule has 1 saturated heterocycles. The highest BCUT2D eigenvalue weighted by molar-refractivity contribution is 8.15. The standard InChI is InChI=1S/C10H16N4O3S/c1-3-12-10-14(4-2)8(16)6(18-10)5-7(15)13-9(11)17/h6H,3-5H2,1-2H3,(H3,11,13,15,17)/t6-/m0/s1. The van der Waals surface area contributed by atoms with E-state index in [1.165, 1.54) is 16.7 Å². The van der Waals surface area contributed by atoms with Crippen molar-refractivity contribution in [2.24, 2.45) is 10.7 Å². The van der Waals surface area contributed by atoms with E-state index in [9.17, 15) is 14.4 Å². The van der Waals surface area contributed by atoms with Gasteiger partial charge in [-0.3, -0.25) is 24.8 Å². The highest BCUT2D eigenvalue weighted by Gasteiger charge is 2.38. The maximum absolute atomic E-state index is 12.0. The van der Waals surface area contributed by atoms with Gasteiger partial charge in [0.1, 0.15) is 5.25 Å². The highest BCUT2D eigenvalue weighted by Crippen LogP contribution is 2.29. The Bertz CT molecular complexity index is 397. The van der Waals surface area contributed by atoms with E-state index in [-0.39, 0.29) is 12.3 Å². The first-order chi connectivity index (χ1) is 8.49. The fourth-order valence-electron chi connectivity index (χ4n) is 1.54. The molecule has 0 unspecified atom stereocenters. The molecule has 100 valence electrons. The summed E-state index contributed by atoms with van der Waals surface area (Å²) in [6, 6.07) is -0.912. The molecule has 1 fully saturated rings. The van der Waals surface area contributed by atoms with Crippen molar-refractivity contribution >= 4 is 34.8 Å². The summed E-state index contributed by atoms with van der Waals surface area (Å²) in [5, 5.41) is 2.04. The number of aliphatic imine (C=N–C) groups is 1. The number of hydrogen-bond acceptors (Lipinski definition) is 5. The summed E-state index contributed by atoms with van der Waals surface area (Å²) in [5.74, 6) is -0.712. The van der Waals surface area contributed by atoms with Crippen LogP contribution in [-0.4, -0.2) is 46.3 Å². The van der Waals surface area contributed by atoms with Crippen molar-refractivity contribution in [1.82, 2.24) is 10.2 Å². The Balaban J connectivity index is 2.69. The lowest BCUT2D eigenvalue weighted by atomic mass is 10.2. The van der Waals surface area contributed by atoms with Crippen LogP contribution < -0.4 is 11.1 Å². The molecule has 0 aromatic carbocycles. The van der Waals surface area contributed by atoms with Gasteiger partial charge in [-0.25, -0.2) is 4.79 Å². The van der Waals surface area contributed by atoms with Crippen LogP contribution in [0.2, 0.25) is 0 Å². The molecule has 0 spiro atoms. The SMILES string of the molecule is CCN=C1S[C@@H](CC(=O)NC(N)=O)C(=O)N1CC. The molecule has 4 amide bonds. The predicted molar refractivity (Wildman–Crippen MR) is 69.1 cm³/mol. The Morgan fingerprint density at radius 3 is 2.67 bits per heavy atom. The minimum atomic E-state index is -0.912. The third-order valence-corrected chi connectivity index (χ3v) is 3.48. The molecular weight excluding hydrogens is 256 g/mol. The molecule has 0 saturated carbocycles. The van der Waals surface area contributed by atoms with E-state index >= 15 is 0 Å². The lowest BCUT2D eigenvalue weighted by molar-refractivity contribution is -0.129. The molecule has 0 aromatic rings. The third-order valence-electron chi connectivity index (χ3n) is 2.26. The number of amides is 4. The fraction of sp³-hybridized carbons (Fsp3) is 0.600. The van der Waals surface area contributed by atoms with Crippen molar-refractivity contribution in [3.05, 3.63) is 0 Å². The van der Waals surface area contributed by atoms with Crippen molar-refractivity contribution in [2.75, 3.05) is 13.1 Å². The monoisotopic (exact) mass is 272 g/mol. The van der Waals surface area contributed by atoms with Crippen LogP contribution in [0.3, 0.4) is 0 Å². The maximum Gasteiger partial charge on any atom is 0.318 e. The molecule has 3 N–H and O–H groups in total. The van der Waals surface area contributed by atoms with E-state index < -0.39 is 17.2 Å². The highest BCUT2D eigenvalue weighted by atomic mass is 32.2. The summed E-state index contributed by atoms with van der Waals surface area (Å²) in [6.07, 6.45) is -0.0777. The zero-order chi connectivity index (χ0) is 13.7. The van der Waals surface area contributed by atoms with Crippen molar-refractivity contribution in [3.8, 4) is 0 Å². The van der Waals surface area contributed by atoms with E-state index in [0.29, 0.717) is 18.3 Å². The second-order valence-electron chi connectivity index (χ2n) is 3.56. The van der Waals surface area contributed by atoms with Crippen LogP contribution >= 0.6 is 11.8 Å². The number of hydrogen-bond donors (Lipinski definition) is 2. The van der Waals surface area contributed by atoms with Crippen molar-refractivity contribution < 1.29 is 14.4 Å². The predicted octanol–water partition coefficient (Wildman–Crippen LogP) is -0.0888. The van der Waals surface area contributed by atoms with Gasteiger partial charge in [0.2, 0.25) is 11.8 Å². The number of thioether (sulfide) groups is 1. The van der Waals surface area contributed by atoms with Gasteiger partial charge in [0.05, 0.1) is 0 Å². The normalized spacial score (nSPS) is 21.4. The first-order valence-electron chi connectivity index (χ1n) is 5.61. The van der Waals surface area contributed by atoms with E-state index in [1.54, 1.807) is 0 Å². The fourth-order valence-corrected chi connectivity index (χ4v) is 2.81. The van der Waals surface area contributed by atoms with Crippen LogP contribution in [0, 0.1) is 0 Å². The zero-order valence-corrected chi connectivity index (χ0v) is 11.1. The lowest BCUT2D eigenvalue weighted by Gasteiger charge is -2.12. The van der Waals surface area contributed by atoms with E-state index in [0.717, 1.165) is 0 Å². The van der Waals surface area contributed by atoms with Crippen LogP contribution in [0.1, 0.15) is 20.3 Å². The van der Waals surface area contributed by atoms with Gasteiger partial charge < -0.3 is 5.73 Å². The molecule has 0 bridgehead atoms. The average Bonchev–Trinajstić information content (AvgIpc) is 2.54. The zero-order valence-electron chi connectivity index (χ0n) is 10.3. The van der Waals surface area contributed by atoms with Crippen LogP contribution in [0.5, 0.6) is 0 Å². The van der Waals surface area contributed by atoms with Crippen LogP contribution in [-0.2, 0) is 9.59 Å². The van der Waals surface area contributed by atoms with Gasteiger partial charge >= 0.3 is 6.03 Å². The van der Waals surface area contributed by atoms with Gasteiger partial charge in [0, 0.05) is 19.5 Å². The van der Waals surface area contributed by atoms with Crippen LogP contribution in [0.15, 0.2) is 4.99 Å². The molecular formula is C10H16N4O3S. The van der Waals surface area contributed by atoms with E-state index in [2.05, 4.69) is 4.99 Å². The number of amidine groups is 1. The minimum absolute atomic E-state index is 0.0777. The summed E-state index contributed by atoms with van der Waals surface area (Å²) in [6.45, 7) is 4.80. The molecule has 1 atom stereocenters. The molecule has 1 aliphatic rings. The second-order valence-corrected chi connectivity index (χ2v) is 4.73. The maximum atomic E-state index is 12.0. The number of urea groups is 1. The summed E-state index contributed by atoms with van der Waals surface area (Å²) in [7, 11) is 0. The molecule has 0 aromatic heterocycles. The molecule has 8 heteroatoms. The Labute approximate surface area is 109 Å². The quantitative estimate of drug-likeness (QED) is 0.746. The first-order valence-corrected chi connectivity index (χ1v) is 6.49. The summed E-state index contributed by atoms with van der Waals surface area (Å²) in [4.78, 5) is 39.6. The smallest absolute Gasteiger partial charge is 0.318 e. The van der Waals surface area contributed by atoms with E-state index in [1.807, 2.05) is 19.2 Å². The number of rotatable bonds is 4. The minimum Gasteiger partial charge on any atom is -0.351 e. The van der Waals surface area contributed by atoms with Gasteiger partial charge in [0.15, 0.2) is 5.17 Å². The van der Waals surface area contributed by atoms with Gasteiger partial charge in [0.25, 0.3) is 0 Å². The second kappa shape index (κ2) is 6.39. The number of carbonyl (C=O) groups excluding carboxylic acids is 3. The third kappa shape index (κ3) is 3.46. The summed E-state index contributed by atoms with van der Waals surface area (Å²) < 4.78 is 0. The first kappa shape index (κ1) is 14.5. The molecule has 7 nitrogen and oxygen atoms in total. The van der Waals surface area contributed by atoms with Gasteiger partial charge in [-0.05, 0) is 13.8 Å². The van der Waals surface area contributed by atoms with Crippen LogP contribution in [0.4, 0.5) is 4.79 Å². The molecule has 1 heterocycles. The Kier molecular flexibility index (Phi) is 5.14. The van der Waals surface area contributed by atoms with E-state index in [4.69, 9.17) is 5.73 Å². The largest absolute Gasteiger partial charge is 0.351 e. The Hall–Kier alpha value is -1.57. The van der Waals surface area contributed by atoms with Gasteiger partial charge in [-0.2, -0.15) is 0 Å². The molecule has 0 aliphatic carbocycles. The number of primary amides is 1. The molecule has 0 radical (unpaired) electrons. The average molecular weight is 272 g/mol. The van der Waals surface area contributed by atoms with Crippen LogP contribution in [0.25, 0.3) is 0 Å². The number of nitrogens with zero attached hydrogens (tertiary/aromatic N) is 2. The van der Waals surface area contributed by atoms with Gasteiger partial charge in [-0.15, -0.1) is 0 Å². The lowest BCUT2D eigenvalue weighted by Crippen LogP contribution is -2.38. The topological polar surface area (TPSA) is 105 Å².